The zero-order valence-corrected chi connectivity index (χ0v) is 14.0. The Morgan fingerprint density at radius 2 is 2.08 bits per heavy atom. The lowest BCUT2D eigenvalue weighted by atomic mass is 10.0. The topological polar surface area (TPSA) is 54.8 Å². The van der Waals surface area contributed by atoms with Gasteiger partial charge in [0.05, 0.1) is 25.5 Å². The number of aromatic nitrogens is 1. The molecular formula is C19H24N2O3. The van der Waals surface area contributed by atoms with E-state index in [9.17, 15) is 0 Å². The molecule has 3 rings (SSSR count). The van der Waals surface area contributed by atoms with Crippen LogP contribution in [-0.2, 0) is 4.74 Å². The summed E-state index contributed by atoms with van der Waals surface area (Å²) < 4.78 is 11.4. The average Bonchev–Trinajstić information content (AvgIpc) is 2.59. The van der Waals surface area contributed by atoms with Crippen LogP contribution in [0, 0.1) is 0 Å². The van der Waals surface area contributed by atoms with E-state index < -0.39 is 0 Å². The van der Waals surface area contributed by atoms with E-state index in [1.807, 2.05) is 31.3 Å². The standard InChI is InChI=1S/C19H24N2O3/c1-15(23-9-8-22)16-4-2-5-17(10-16)18-11-19(13-20-12-18)24-14-21-6-3-7-21/h2,4-5,10-13,15,22H,3,6-9,14H2,1H3/t15-/m0/s1. The van der Waals surface area contributed by atoms with Crippen molar-refractivity contribution in [3.05, 3.63) is 48.3 Å². The van der Waals surface area contributed by atoms with Crippen LogP contribution in [0.3, 0.4) is 0 Å². The van der Waals surface area contributed by atoms with Crippen LogP contribution in [0.2, 0.25) is 0 Å². The molecule has 1 aromatic carbocycles. The van der Waals surface area contributed by atoms with Gasteiger partial charge in [0.1, 0.15) is 12.5 Å². The molecule has 0 spiro atoms. The molecule has 1 aliphatic rings. The Hall–Kier alpha value is -1.95. The van der Waals surface area contributed by atoms with Crippen LogP contribution in [-0.4, -0.2) is 48.0 Å². The van der Waals surface area contributed by atoms with Gasteiger partial charge in [0, 0.05) is 24.8 Å². The maximum Gasteiger partial charge on any atom is 0.142 e. The van der Waals surface area contributed by atoms with Crippen molar-refractivity contribution in [1.82, 2.24) is 9.88 Å². The first-order valence-electron chi connectivity index (χ1n) is 8.39. The highest BCUT2D eigenvalue weighted by molar-refractivity contribution is 5.64. The molecular weight excluding hydrogens is 304 g/mol. The van der Waals surface area contributed by atoms with Crippen molar-refractivity contribution in [3.63, 3.8) is 0 Å². The third-order valence-corrected chi connectivity index (χ3v) is 4.22. The summed E-state index contributed by atoms with van der Waals surface area (Å²) in [6, 6.07) is 10.2. The van der Waals surface area contributed by atoms with Gasteiger partial charge in [0.15, 0.2) is 0 Å². The van der Waals surface area contributed by atoms with Gasteiger partial charge < -0.3 is 14.6 Å². The number of hydrogen-bond donors (Lipinski definition) is 1. The predicted octanol–water partition coefficient (Wildman–Crippen LogP) is 2.86. The third-order valence-electron chi connectivity index (χ3n) is 4.22. The molecule has 0 unspecified atom stereocenters. The second-order valence-electron chi connectivity index (χ2n) is 6.02. The van der Waals surface area contributed by atoms with Gasteiger partial charge in [0.2, 0.25) is 0 Å². The van der Waals surface area contributed by atoms with Crippen LogP contribution >= 0.6 is 0 Å². The first-order valence-corrected chi connectivity index (χ1v) is 8.39. The molecule has 1 aliphatic heterocycles. The number of likely N-dealkylation sites (tertiary alicyclic amines) is 1. The summed E-state index contributed by atoms with van der Waals surface area (Å²) in [6.45, 7) is 5.20. The smallest absolute Gasteiger partial charge is 0.142 e. The highest BCUT2D eigenvalue weighted by Crippen LogP contribution is 2.26. The normalized spacial score (nSPS) is 15.8. The second-order valence-corrected chi connectivity index (χ2v) is 6.02. The van der Waals surface area contributed by atoms with Crippen LogP contribution in [0.4, 0.5) is 0 Å². The van der Waals surface area contributed by atoms with Crippen LogP contribution in [0.15, 0.2) is 42.7 Å². The highest BCUT2D eigenvalue weighted by Gasteiger charge is 2.14. The maximum atomic E-state index is 8.89. The van der Waals surface area contributed by atoms with E-state index in [-0.39, 0.29) is 12.7 Å². The Bertz CT molecular complexity index is 659. The fraction of sp³-hybridized carbons (Fsp3) is 0.421. The lowest BCUT2D eigenvalue weighted by Gasteiger charge is -2.30. The van der Waals surface area contributed by atoms with Gasteiger partial charge in [-0.1, -0.05) is 18.2 Å². The largest absolute Gasteiger partial charge is 0.477 e. The zero-order valence-electron chi connectivity index (χ0n) is 14.0. The molecule has 2 heterocycles. The SMILES string of the molecule is C[C@H](OCCO)c1cccc(-c2cncc(OCN3CCC3)c2)c1. The number of pyridine rings is 1. The van der Waals surface area contributed by atoms with Crippen molar-refractivity contribution >= 4 is 0 Å². The Morgan fingerprint density at radius 3 is 2.83 bits per heavy atom. The van der Waals surface area contributed by atoms with Crippen LogP contribution in [0.1, 0.15) is 25.0 Å². The van der Waals surface area contributed by atoms with Crippen molar-refractivity contribution in [2.24, 2.45) is 0 Å². The Kier molecular flexibility index (Phi) is 5.80. The molecule has 2 aromatic rings. The van der Waals surface area contributed by atoms with E-state index in [2.05, 4.69) is 22.0 Å². The molecule has 0 radical (unpaired) electrons. The van der Waals surface area contributed by atoms with Crippen molar-refractivity contribution in [1.29, 1.82) is 0 Å². The number of hydrogen-bond acceptors (Lipinski definition) is 5. The van der Waals surface area contributed by atoms with E-state index in [0.717, 1.165) is 35.5 Å². The third kappa shape index (κ3) is 4.32. The molecule has 1 atom stereocenters. The second kappa shape index (κ2) is 8.24. The molecule has 1 N–H and O–H groups in total. The molecule has 0 amide bonds. The summed E-state index contributed by atoms with van der Waals surface area (Å²) in [7, 11) is 0. The van der Waals surface area contributed by atoms with Crippen LogP contribution in [0.25, 0.3) is 11.1 Å². The fourth-order valence-corrected chi connectivity index (χ4v) is 2.63. The predicted molar refractivity (Wildman–Crippen MR) is 92.8 cm³/mol. The minimum absolute atomic E-state index is 0.0321. The van der Waals surface area contributed by atoms with Gasteiger partial charge in [-0.3, -0.25) is 9.88 Å². The van der Waals surface area contributed by atoms with Gasteiger partial charge >= 0.3 is 0 Å². The molecule has 24 heavy (non-hydrogen) atoms. The number of aliphatic hydroxyl groups is 1. The summed E-state index contributed by atoms with van der Waals surface area (Å²) in [4.78, 5) is 6.56. The number of benzene rings is 1. The Labute approximate surface area is 142 Å². The monoisotopic (exact) mass is 328 g/mol. The molecule has 5 heteroatoms. The molecule has 1 aromatic heterocycles. The van der Waals surface area contributed by atoms with Crippen molar-refractivity contribution < 1.29 is 14.6 Å². The first kappa shape index (κ1) is 16.9. The van der Waals surface area contributed by atoms with Gasteiger partial charge in [-0.15, -0.1) is 0 Å². The van der Waals surface area contributed by atoms with Crippen molar-refractivity contribution in [2.45, 2.75) is 19.4 Å². The zero-order chi connectivity index (χ0) is 16.8. The summed E-state index contributed by atoms with van der Waals surface area (Å²) in [5.41, 5.74) is 3.18. The van der Waals surface area contributed by atoms with Crippen molar-refractivity contribution in [2.75, 3.05) is 33.0 Å². The molecule has 0 saturated carbocycles. The minimum atomic E-state index is -0.0593. The number of aliphatic hydroxyl groups excluding tert-OH is 1. The molecule has 0 bridgehead atoms. The van der Waals surface area contributed by atoms with E-state index >= 15 is 0 Å². The lowest BCUT2D eigenvalue weighted by Crippen LogP contribution is -2.39. The number of rotatable bonds is 8. The van der Waals surface area contributed by atoms with Crippen LogP contribution in [0.5, 0.6) is 5.75 Å². The number of ether oxygens (including phenoxy) is 2. The molecule has 128 valence electrons. The summed E-state index contributed by atoms with van der Waals surface area (Å²) in [6.07, 6.45) is 4.79. The molecule has 0 aliphatic carbocycles. The van der Waals surface area contributed by atoms with E-state index in [0.29, 0.717) is 13.3 Å². The van der Waals surface area contributed by atoms with E-state index in [1.54, 1.807) is 6.20 Å². The molecule has 1 saturated heterocycles. The summed E-state index contributed by atoms with van der Waals surface area (Å²) in [5, 5.41) is 8.89. The average molecular weight is 328 g/mol. The summed E-state index contributed by atoms with van der Waals surface area (Å²) in [5.74, 6) is 0.786. The molecule has 1 fully saturated rings. The van der Waals surface area contributed by atoms with E-state index in [1.165, 1.54) is 6.42 Å². The quantitative estimate of drug-likeness (QED) is 0.807. The van der Waals surface area contributed by atoms with E-state index in [4.69, 9.17) is 14.6 Å². The van der Waals surface area contributed by atoms with Crippen LogP contribution < -0.4 is 4.74 Å². The Balaban J connectivity index is 1.70. The van der Waals surface area contributed by atoms with Gasteiger partial charge in [-0.2, -0.15) is 0 Å². The van der Waals surface area contributed by atoms with Crippen molar-refractivity contribution in [3.8, 4) is 16.9 Å². The minimum Gasteiger partial charge on any atom is -0.477 e. The molecule has 5 nitrogen and oxygen atoms in total. The maximum absolute atomic E-state index is 8.89. The van der Waals surface area contributed by atoms with Gasteiger partial charge in [0.25, 0.3) is 0 Å². The summed E-state index contributed by atoms with van der Waals surface area (Å²) >= 11 is 0. The fourth-order valence-electron chi connectivity index (χ4n) is 2.63. The number of nitrogens with zero attached hydrogens (tertiary/aromatic N) is 2. The first-order chi connectivity index (χ1) is 11.8. The Morgan fingerprint density at radius 1 is 1.21 bits per heavy atom. The van der Waals surface area contributed by atoms with Gasteiger partial charge in [-0.25, -0.2) is 0 Å². The van der Waals surface area contributed by atoms with Gasteiger partial charge in [-0.05, 0) is 36.6 Å². The lowest BCUT2D eigenvalue weighted by molar-refractivity contribution is 0.0385. The highest BCUT2D eigenvalue weighted by atomic mass is 16.5.